The van der Waals surface area contributed by atoms with Gasteiger partial charge in [0.2, 0.25) is 0 Å². The van der Waals surface area contributed by atoms with Gasteiger partial charge >= 0.3 is 0 Å². The highest BCUT2D eigenvalue weighted by Crippen LogP contribution is 2.21. The van der Waals surface area contributed by atoms with Crippen molar-refractivity contribution in [1.29, 1.82) is 0 Å². The zero-order chi connectivity index (χ0) is 13.8. The van der Waals surface area contributed by atoms with Gasteiger partial charge in [0.1, 0.15) is 5.82 Å². The maximum Gasteiger partial charge on any atom is 0.148 e. The second-order valence-electron chi connectivity index (χ2n) is 5.05. The molecule has 1 aromatic carbocycles. The first kappa shape index (κ1) is 13.5. The van der Waals surface area contributed by atoms with Crippen molar-refractivity contribution in [3.05, 3.63) is 40.9 Å². The third-order valence-electron chi connectivity index (χ3n) is 3.52. The first-order valence-electron chi connectivity index (χ1n) is 6.85. The minimum absolute atomic E-state index is 0.696. The predicted molar refractivity (Wildman–Crippen MR) is 84.6 cm³/mol. The fourth-order valence-corrected chi connectivity index (χ4v) is 2.77. The Bertz CT molecular complexity index is 564. The van der Waals surface area contributed by atoms with Crippen LogP contribution in [0.25, 0.3) is 11.3 Å². The molecule has 4 nitrogen and oxygen atoms in total. The number of rotatable bonds is 4. The van der Waals surface area contributed by atoms with Gasteiger partial charge < -0.3 is 10.6 Å². The van der Waals surface area contributed by atoms with Crippen molar-refractivity contribution in [3.8, 4) is 11.3 Å². The molecule has 0 radical (unpaired) electrons. The quantitative estimate of drug-likeness (QED) is 0.903. The van der Waals surface area contributed by atoms with Crippen LogP contribution in [0, 0.1) is 5.92 Å². The zero-order valence-electron chi connectivity index (χ0n) is 11.1. The highest BCUT2D eigenvalue weighted by Gasteiger charge is 2.13. The fraction of sp³-hybridized carbons (Fsp3) is 0.333. The van der Waals surface area contributed by atoms with Crippen molar-refractivity contribution < 1.29 is 0 Å². The molecule has 0 amide bonds. The van der Waals surface area contributed by atoms with E-state index in [9.17, 15) is 0 Å². The van der Waals surface area contributed by atoms with Crippen LogP contribution in [0.5, 0.6) is 0 Å². The van der Waals surface area contributed by atoms with Crippen LogP contribution in [0.15, 0.2) is 40.9 Å². The number of benzene rings is 1. The molecule has 1 aromatic heterocycles. The summed E-state index contributed by atoms with van der Waals surface area (Å²) in [6.07, 6.45) is 1.23. The van der Waals surface area contributed by atoms with Gasteiger partial charge in [0.25, 0.3) is 0 Å². The average Bonchev–Trinajstić information content (AvgIpc) is 2.99. The molecule has 0 aliphatic carbocycles. The van der Waals surface area contributed by atoms with Gasteiger partial charge in [0.05, 0.1) is 5.69 Å². The Kier molecular flexibility index (Phi) is 4.28. The lowest BCUT2D eigenvalue weighted by atomic mass is 10.1. The molecule has 1 atom stereocenters. The minimum Gasteiger partial charge on any atom is -0.368 e. The van der Waals surface area contributed by atoms with Crippen LogP contribution in [0.2, 0.25) is 0 Å². The maximum absolute atomic E-state index is 4.29. The van der Waals surface area contributed by atoms with Gasteiger partial charge in [-0.25, -0.2) is 0 Å². The Hall–Kier alpha value is -1.46. The summed E-state index contributed by atoms with van der Waals surface area (Å²) < 4.78 is 1.05. The molecule has 2 aromatic rings. The Labute approximate surface area is 127 Å². The third kappa shape index (κ3) is 3.35. The van der Waals surface area contributed by atoms with Crippen molar-refractivity contribution >= 4 is 21.7 Å². The number of aromatic nitrogens is 2. The number of nitrogens with zero attached hydrogens (tertiary/aromatic N) is 2. The Morgan fingerprint density at radius 2 is 2.20 bits per heavy atom. The van der Waals surface area contributed by atoms with Gasteiger partial charge in [-0.15, -0.1) is 10.2 Å². The highest BCUT2D eigenvalue weighted by atomic mass is 79.9. The van der Waals surface area contributed by atoms with Gasteiger partial charge in [-0.05, 0) is 49.7 Å². The van der Waals surface area contributed by atoms with E-state index in [1.807, 2.05) is 36.4 Å². The van der Waals surface area contributed by atoms with Crippen LogP contribution < -0.4 is 10.6 Å². The molecule has 1 fully saturated rings. The zero-order valence-corrected chi connectivity index (χ0v) is 12.7. The van der Waals surface area contributed by atoms with E-state index in [0.717, 1.165) is 41.2 Å². The summed E-state index contributed by atoms with van der Waals surface area (Å²) in [5.74, 6) is 1.54. The lowest BCUT2D eigenvalue weighted by Crippen LogP contribution is -2.17. The van der Waals surface area contributed by atoms with Crippen molar-refractivity contribution in [2.45, 2.75) is 6.42 Å². The third-order valence-corrected chi connectivity index (χ3v) is 4.01. The molecule has 5 heteroatoms. The minimum atomic E-state index is 0.696. The second kappa shape index (κ2) is 6.33. The largest absolute Gasteiger partial charge is 0.368 e. The number of anilines is 1. The van der Waals surface area contributed by atoms with E-state index in [4.69, 9.17) is 0 Å². The summed E-state index contributed by atoms with van der Waals surface area (Å²) in [5, 5.41) is 15.3. The predicted octanol–water partition coefficient (Wildman–Crippen LogP) is 2.93. The number of hydrogen-bond donors (Lipinski definition) is 2. The summed E-state index contributed by atoms with van der Waals surface area (Å²) in [6, 6.07) is 12.1. The molecule has 0 bridgehead atoms. The van der Waals surface area contributed by atoms with E-state index in [0.29, 0.717) is 5.92 Å². The molecule has 2 N–H and O–H groups in total. The van der Waals surface area contributed by atoms with Crippen molar-refractivity contribution in [2.24, 2.45) is 5.92 Å². The summed E-state index contributed by atoms with van der Waals surface area (Å²) in [5.41, 5.74) is 1.96. The monoisotopic (exact) mass is 332 g/mol. The molecule has 1 saturated heterocycles. The highest BCUT2D eigenvalue weighted by molar-refractivity contribution is 9.10. The lowest BCUT2D eigenvalue weighted by Gasteiger charge is -2.10. The van der Waals surface area contributed by atoms with E-state index in [1.54, 1.807) is 0 Å². The Balaban J connectivity index is 1.65. The van der Waals surface area contributed by atoms with Gasteiger partial charge in [0.15, 0.2) is 0 Å². The number of hydrogen-bond acceptors (Lipinski definition) is 4. The van der Waals surface area contributed by atoms with Crippen LogP contribution in [0.4, 0.5) is 5.82 Å². The van der Waals surface area contributed by atoms with Crippen molar-refractivity contribution in [1.82, 2.24) is 15.5 Å². The molecular formula is C15H17BrN4. The molecule has 1 unspecified atom stereocenters. The fourth-order valence-electron chi connectivity index (χ4n) is 2.37. The first-order valence-corrected chi connectivity index (χ1v) is 7.65. The molecule has 3 rings (SSSR count). The molecular weight excluding hydrogens is 316 g/mol. The van der Waals surface area contributed by atoms with Crippen molar-refractivity contribution in [3.63, 3.8) is 0 Å². The van der Waals surface area contributed by atoms with Crippen LogP contribution in [0.3, 0.4) is 0 Å². The standard InChI is InChI=1S/C15H17BrN4/c16-13-3-1-2-12(8-13)14-4-5-15(20-19-14)18-10-11-6-7-17-9-11/h1-5,8,11,17H,6-7,9-10H2,(H,18,20). The van der Waals surface area contributed by atoms with E-state index in [1.165, 1.54) is 6.42 Å². The Morgan fingerprint density at radius 3 is 2.90 bits per heavy atom. The molecule has 0 spiro atoms. The number of nitrogens with one attached hydrogen (secondary N) is 2. The summed E-state index contributed by atoms with van der Waals surface area (Å²) >= 11 is 3.47. The molecule has 2 heterocycles. The second-order valence-corrected chi connectivity index (χ2v) is 5.97. The van der Waals surface area contributed by atoms with Crippen LogP contribution in [0.1, 0.15) is 6.42 Å². The molecule has 1 aliphatic heterocycles. The van der Waals surface area contributed by atoms with E-state index in [-0.39, 0.29) is 0 Å². The molecule has 20 heavy (non-hydrogen) atoms. The summed E-state index contributed by atoms with van der Waals surface area (Å²) in [4.78, 5) is 0. The first-order chi connectivity index (χ1) is 9.81. The van der Waals surface area contributed by atoms with Gasteiger partial charge in [0, 0.05) is 16.6 Å². The Morgan fingerprint density at radius 1 is 1.25 bits per heavy atom. The average molecular weight is 333 g/mol. The lowest BCUT2D eigenvalue weighted by molar-refractivity contribution is 0.613. The normalized spacial score (nSPS) is 18.1. The summed E-state index contributed by atoms with van der Waals surface area (Å²) in [7, 11) is 0. The van der Waals surface area contributed by atoms with Gasteiger partial charge in [-0.1, -0.05) is 28.1 Å². The van der Waals surface area contributed by atoms with Crippen LogP contribution in [-0.2, 0) is 0 Å². The summed E-state index contributed by atoms with van der Waals surface area (Å²) in [6.45, 7) is 3.17. The van der Waals surface area contributed by atoms with Gasteiger partial charge in [-0.2, -0.15) is 0 Å². The number of halogens is 1. The molecule has 104 valence electrons. The van der Waals surface area contributed by atoms with Crippen molar-refractivity contribution in [2.75, 3.05) is 25.0 Å². The maximum atomic E-state index is 4.29. The smallest absolute Gasteiger partial charge is 0.148 e. The molecule has 1 aliphatic rings. The van der Waals surface area contributed by atoms with E-state index in [2.05, 4.69) is 36.8 Å². The van der Waals surface area contributed by atoms with Crippen LogP contribution >= 0.6 is 15.9 Å². The van der Waals surface area contributed by atoms with Gasteiger partial charge in [-0.3, -0.25) is 0 Å². The van der Waals surface area contributed by atoms with E-state index < -0.39 is 0 Å². The SMILES string of the molecule is Brc1cccc(-c2ccc(NCC3CCNC3)nn2)c1. The topological polar surface area (TPSA) is 49.8 Å². The molecule has 0 saturated carbocycles. The van der Waals surface area contributed by atoms with E-state index >= 15 is 0 Å². The van der Waals surface area contributed by atoms with Crippen LogP contribution in [-0.4, -0.2) is 29.8 Å².